The van der Waals surface area contributed by atoms with E-state index in [1.54, 1.807) is 12.1 Å². The van der Waals surface area contributed by atoms with Crippen molar-refractivity contribution in [1.82, 2.24) is 9.80 Å². The lowest BCUT2D eigenvalue weighted by molar-refractivity contribution is -0.127. The van der Waals surface area contributed by atoms with Crippen molar-refractivity contribution in [1.29, 1.82) is 0 Å². The first-order chi connectivity index (χ1) is 15.5. The first-order valence-electron chi connectivity index (χ1n) is 11.0. The molecule has 2 aliphatic rings. The molecule has 172 valence electrons. The summed E-state index contributed by atoms with van der Waals surface area (Å²) in [5, 5.41) is 9.17. The van der Waals surface area contributed by atoms with Gasteiger partial charge in [-0.1, -0.05) is 24.3 Å². The van der Waals surface area contributed by atoms with E-state index in [0.29, 0.717) is 35.9 Å². The quantitative estimate of drug-likeness (QED) is 0.671. The Morgan fingerprint density at radius 1 is 1.12 bits per heavy atom. The van der Waals surface area contributed by atoms with Gasteiger partial charge < -0.3 is 19.5 Å². The van der Waals surface area contributed by atoms with Crippen LogP contribution in [0.2, 0.25) is 0 Å². The summed E-state index contributed by atoms with van der Waals surface area (Å²) < 4.78 is 11.0. The number of hydrogen-bond donors (Lipinski definition) is 1. The van der Waals surface area contributed by atoms with Crippen molar-refractivity contribution in [3.63, 3.8) is 0 Å². The number of piperidine rings is 1. The second kappa shape index (κ2) is 10.1. The standard InChI is InChI=1S/C24H30N2O5S/c1-30-23(29)21-6-5-20(32-21)22(28)26-12-14-31-24(17-26)8-10-25(11-9-24)16-19-4-2-3-18(15-19)7-13-27/h2-6,15,27H,7-14,16-17H2,1H3. The third-order valence-corrected chi connectivity index (χ3v) is 7.36. The Kier molecular flexibility index (Phi) is 7.25. The van der Waals surface area contributed by atoms with Gasteiger partial charge >= 0.3 is 5.97 Å². The number of morpholine rings is 1. The lowest BCUT2D eigenvalue weighted by Gasteiger charge is -2.47. The molecule has 0 aliphatic carbocycles. The lowest BCUT2D eigenvalue weighted by atomic mass is 9.89. The zero-order chi connectivity index (χ0) is 22.6. The third kappa shape index (κ3) is 5.20. The minimum absolute atomic E-state index is 0.0454. The van der Waals surface area contributed by atoms with Gasteiger partial charge in [0.25, 0.3) is 5.91 Å². The van der Waals surface area contributed by atoms with Crippen LogP contribution in [0, 0.1) is 0 Å². The number of carbonyl (C=O) groups excluding carboxylic acids is 2. The number of aliphatic hydroxyl groups is 1. The highest BCUT2D eigenvalue weighted by Gasteiger charge is 2.41. The van der Waals surface area contributed by atoms with E-state index in [1.807, 2.05) is 11.0 Å². The first-order valence-corrected chi connectivity index (χ1v) is 11.9. The molecule has 8 heteroatoms. The van der Waals surface area contributed by atoms with E-state index >= 15 is 0 Å². The Morgan fingerprint density at radius 3 is 2.62 bits per heavy atom. The number of nitrogens with zero attached hydrogens (tertiary/aromatic N) is 2. The minimum atomic E-state index is -0.415. The van der Waals surface area contributed by atoms with E-state index in [4.69, 9.17) is 9.47 Å². The number of rotatable bonds is 6. The first kappa shape index (κ1) is 22.9. The maximum Gasteiger partial charge on any atom is 0.348 e. The van der Waals surface area contributed by atoms with Crippen LogP contribution in [0.15, 0.2) is 36.4 Å². The Hall–Kier alpha value is -2.26. The molecule has 7 nitrogen and oxygen atoms in total. The van der Waals surface area contributed by atoms with Gasteiger partial charge in [-0.25, -0.2) is 4.79 Å². The van der Waals surface area contributed by atoms with E-state index in [-0.39, 0.29) is 18.1 Å². The van der Waals surface area contributed by atoms with Gasteiger partial charge in [-0.3, -0.25) is 9.69 Å². The second-order valence-electron chi connectivity index (χ2n) is 8.48. The smallest absolute Gasteiger partial charge is 0.348 e. The number of benzene rings is 1. The Balaban J connectivity index is 1.34. The average Bonchev–Trinajstić information content (AvgIpc) is 3.31. The fourth-order valence-electron chi connectivity index (χ4n) is 4.53. The van der Waals surface area contributed by atoms with Crippen LogP contribution in [0.3, 0.4) is 0 Å². The van der Waals surface area contributed by atoms with Crippen LogP contribution in [0.5, 0.6) is 0 Å². The van der Waals surface area contributed by atoms with Crippen LogP contribution in [-0.2, 0) is 22.4 Å². The molecular weight excluding hydrogens is 428 g/mol. The Morgan fingerprint density at radius 2 is 1.88 bits per heavy atom. The number of esters is 1. The molecule has 0 unspecified atom stereocenters. The molecule has 0 saturated carbocycles. The molecule has 3 heterocycles. The topological polar surface area (TPSA) is 79.3 Å². The van der Waals surface area contributed by atoms with E-state index in [2.05, 4.69) is 23.1 Å². The molecule has 2 fully saturated rings. The van der Waals surface area contributed by atoms with E-state index in [9.17, 15) is 14.7 Å². The number of amides is 1. The fraction of sp³-hybridized carbons (Fsp3) is 0.500. The molecule has 1 aromatic heterocycles. The van der Waals surface area contributed by atoms with Gasteiger partial charge in [-0.05, 0) is 42.5 Å². The fourth-order valence-corrected chi connectivity index (χ4v) is 5.42. The van der Waals surface area contributed by atoms with E-state index < -0.39 is 5.97 Å². The maximum atomic E-state index is 13.0. The predicted molar refractivity (Wildman–Crippen MR) is 122 cm³/mol. The Labute approximate surface area is 192 Å². The molecular formula is C24H30N2O5S. The zero-order valence-electron chi connectivity index (χ0n) is 18.4. The SMILES string of the molecule is COC(=O)c1ccc(C(=O)N2CCOC3(CCN(Cc4cccc(CCO)c4)CC3)C2)s1. The van der Waals surface area contributed by atoms with Crippen molar-refractivity contribution < 1.29 is 24.2 Å². The van der Waals surface area contributed by atoms with Crippen molar-refractivity contribution in [2.45, 2.75) is 31.4 Å². The summed E-state index contributed by atoms with van der Waals surface area (Å²) in [5.74, 6) is -0.460. The number of hydrogen-bond acceptors (Lipinski definition) is 7. The van der Waals surface area contributed by atoms with Crippen LogP contribution in [0.4, 0.5) is 0 Å². The van der Waals surface area contributed by atoms with Gasteiger partial charge in [-0.15, -0.1) is 11.3 Å². The second-order valence-corrected chi connectivity index (χ2v) is 9.57. The summed E-state index contributed by atoms with van der Waals surface area (Å²) in [6.07, 6.45) is 2.44. The Bertz CT molecular complexity index is 951. The molecule has 2 aliphatic heterocycles. The van der Waals surface area contributed by atoms with Crippen LogP contribution >= 0.6 is 11.3 Å². The average molecular weight is 459 g/mol. The van der Waals surface area contributed by atoms with Crippen LogP contribution in [-0.4, -0.2) is 78.9 Å². The number of thiophene rings is 1. The summed E-state index contributed by atoms with van der Waals surface area (Å²) in [5.41, 5.74) is 2.12. The molecule has 4 rings (SSSR count). The van der Waals surface area contributed by atoms with Crippen molar-refractivity contribution in [2.24, 2.45) is 0 Å². The number of ether oxygens (including phenoxy) is 2. The molecule has 2 aromatic rings. The summed E-state index contributed by atoms with van der Waals surface area (Å²) in [7, 11) is 1.34. The van der Waals surface area contributed by atoms with Crippen LogP contribution < -0.4 is 0 Å². The van der Waals surface area contributed by atoms with Gasteiger partial charge in [0.2, 0.25) is 0 Å². The molecule has 0 bridgehead atoms. The zero-order valence-corrected chi connectivity index (χ0v) is 19.2. The van der Waals surface area contributed by atoms with Crippen molar-refractivity contribution in [3.05, 3.63) is 57.3 Å². The molecule has 1 spiro atoms. The molecule has 32 heavy (non-hydrogen) atoms. The highest BCUT2D eigenvalue weighted by molar-refractivity contribution is 7.15. The third-order valence-electron chi connectivity index (χ3n) is 6.30. The van der Waals surface area contributed by atoms with E-state index in [0.717, 1.165) is 38.0 Å². The summed E-state index contributed by atoms with van der Waals surface area (Å²) in [6, 6.07) is 11.8. The van der Waals surface area contributed by atoms with Gasteiger partial charge in [0.1, 0.15) is 4.88 Å². The predicted octanol–water partition coefficient (Wildman–Crippen LogP) is 2.58. The lowest BCUT2D eigenvalue weighted by Crippen LogP contribution is -2.57. The van der Waals surface area contributed by atoms with Crippen molar-refractivity contribution in [3.8, 4) is 0 Å². The van der Waals surface area contributed by atoms with Gasteiger partial charge in [0.05, 0.1) is 30.7 Å². The monoisotopic (exact) mass is 458 g/mol. The van der Waals surface area contributed by atoms with Crippen LogP contribution in [0.1, 0.15) is 43.3 Å². The van der Waals surface area contributed by atoms with Crippen molar-refractivity contribution in [2.75, 3.05) is 46.5 Å². The molecule has 1 amide bonds. The number of carbonyl (C=O) groups is 2. The molecule has 0 atom stereocenters. The number of aliphatic hydroxyl groups excluding tert-OH is 1. The molecule has 1 N–H and O–H groups in total. The van der Waals surface area contributed by atoms with Gasteiger partial charge in [0, 0.05) is 32.8 Å². The minimum Gasteiger partial charge on any atom is -0.465 e. The summed E-state index contributed by atoms with van der Waals surface area (Å²) >= 11 is 1.18. The summed E-state index contributed by atoms with van der Waals surface area (Å²) in [4.78, 5) is 30.0. The normalized spacial score (nSPS) is 18.6. The van der Waals surface area contributed by atoms with E-state index in [1.165, 1.54) is 24.0 Å². The highest BCUT2D eigenvalue weighted by atomic mass is 32.1. The highest BCUT2D eigenvalue weighted by Crippen LogP contribution is 2.32. The molecule has 0 radical (unpaired) electrons. The molecule has 1 aromatic carbocycles. The van der Waals surface area contributed by atoms with Gasteiger partial charge in [0.15, 0.2) is 0 Å². The van der Waals surface area contributed by atoms with Gasteiger partial charge in [-0.2, -0.15) is 0 Å². The summed E-state index contributed by atoms with van der Waals surface area (Å²) in [6.45, 7) is 4.55. The van der Waals surface area contributed by atoms with Crippen molar-refractivity contribution >= 4 is 23.2 Å². The number of likely N-dealkylation sites (tertiary alicyclic amines) is 1. The maximum absolute atomic E-state index is 13.0. The molecule has 2 saturated heterocycles. The number of methoxy groups -OCH3 is 1. The van der Waals surface area contributed by atoms with Crippen LogP contribution in [0.25, 0.3) is 0 Å². The largest absolute Gasteiger partial charge is 0.465 e.